The molecule has 0 radical (unpaired) electrons. The zero-order valence-corrected chi connectivity index (χ0v) is 12.9. The van der Waals surface area contributed by atoms with E-state index in [-0.39, 0.29) is 11.2 Å². The number of aryl methyl sites for hydroxylation is 2. The summed E-state index contributed by atoms with van der Waals surface area (Å²) >= 11 is 6.28. The Bertz CT molecular complexity index is 821. The van der Waals surface area contributed by atoms with E-state index >= 15 is 0 Å². The number of fused-ring (bicyclic) bond motifs is 1. The van der Waals surface area contributed by atoms with E-state index in [1.54, 1.807) is 13.0 Å². The lowest BCUT2D eigenvalue weighted by molar-refractivity contribution is 0.618. The van der Waals surface area contributed by atoms with Crippen LogP contribution >= 0.6 is 11.6 Å². The normalized spacial score (nSPS) is 12.8. The van der Waals surface area contributed by atoms with Gasteiger partial charge in [-0.25, -0.2) is 9.37 Å². The first kappa shape index (κ1) is 14.1. The molecule has 0 aliphatic rings. The van der Waals surface area contributed by atoms with Crippen molar-refractivity contribution in [1.82, 2.24) is 9.55 Å². The molecule has 2 aromatic carbocycles. The molecule has 3 rings (SSSR count). The zero-order chi connectivity index (χ0) is 15.1. The minimum Gasteiger partial charge on any atom is -0.295 e. The van der Waals surface area contributed by atoms with Crippen LogP contribution in [0.1, 0.15) is 29.3 Å². The molecule has 0 fully saturated rings. The van der Waals surface area contributed by atoms with Crippen molar-refractivity contribution in [1.29, 1.82) is 0 Å². The van der Waals surface area contributed by atoms with Crippen LogP contribution in [0.3, 0.4) is 0 Å². The summed E-state index contributed by atoms with van der Waals surface area (Å²) < 4.78 is 15.5. The predicted octanol–water partition coefficient (Wildman–Crippen LogP) is 5.08. The second-order valence-electron chi connectivity index (χ2n) is 5.35. The third kappa shape index (κ3) is 2.42. The topological polar surface area (TPSA) is 17.8 Å². The number of imidazole rings is 1. The Hall–Kier alpha value is -1.87. The SMILES string of the molecule is Cc1ccc2nc(C(C)Cl)n(-c3ccc(F)c(C)c3)c2c1. The van der Waals surface area contributed by atoms with E-state index in [4.69, 9.17) is 11.6 Å². The highest BCUT2D eigenvalue weighted by molar-refractivity contribution is 6.20. The Morgan fingerprint density at radius 3 is 2.57 bits per heavy atom. The largest absolute Gasteiger partial charge is 0.295 e. The fourth-order valence-electron chi connectivity index (χ4n) is 2.51. The summed E-state index contributed by atoms with van der Waals surface area (Å²) in [4.78, 5) is 4.62. The third-order valence-electron chi connectivity index (χ3n) is 3.59. The molecular weight excluding hydrogens is 287 g/mol. The highest BCUT2D eigenvalue weighted by atomic mass is 35.5. The average Bonchev–Trinajstić information content (AvgIpc) is 2.80. The molecule has 21 heavy (non-hydrogen) atoms. The van der Waals surface area contributed by atoms with E-state index in [0.717, 1.165) is 28.1 Å². The molecule has 1 unspecified atom stereocenters. The molecule has 108 valence electrons. The molecule has 0 amide bonds. The highest BCUT2D eigenvalue weighted by Crippen LogP contribution is 2.29. The Kier molecular flexibility index (Phi) is 3.46. The number of hydrogen-bond acceptors (Lipinski definition) is 1. The maximum absolute atomic E-state index is 13.5. The molecule has 0 saturated carbocycles. The second kappa shape index (κ2) is 5.15. The van der Waals surface area contributed by atoms with Gasteiger partial charge in [0, 0.05) is 5.69 Å². The van der Waals surface area contributed by atoms with Crippen molar-refractivity contribution in [2.24, 2.45) is 0 Å². The number of halogens is 2. The Balaban J connectivity index is 2.35. The van der Waals surface area contributed by atoms with Crippen molar-refractivity contribution in [2.45, 2.75) is 26.1 Å². The van der Waals surface area contributed by atoms with Gasteiger partial charge in [-0.15, -0.1) is 11.6 Å². The van der Waals surface area contributed by atoms with Crippen LogP contribution in [0, 0.1) is 19.7 Å². The summed E-state index contributed by atoms with van der Waals surface area (Å²) in [6.07, 6.45) is 0. The number of alkyl halides is 1. The average molecular weight is 303 g/mol. The van der Waals surface area contributed by atoms with Crippen LogP contribution in [0.2, 0.25) is 0 Å². The van der Waals surface area contributed by atoms with Gasteiger partial charge in [-0.3, -0.25) is 4.57 Å². The molecule has 1 heterocycles. The summed E-state index contributed by atoms with van der Waals surface area (Å²) in [5, 5.41) is -0.233. The second-order valence-corrected chi connectivity index (χ2v) is 6.00. The predicted molar refractivity (Wildman–Crippen MR) is 84.8 cm³/mol. The number of hydrogen-bond donors (Lipinski definition) is 0. The summed E-state index contributed by atoms with van der Waals surface area (Å²) in [6.45, 7) is 5.69. The first-order valence-electron chi connectivity index (χ1n) is 6.87. The fourth-order valence-corrected chi connectivity index (χ4v) is 2.66. The molecule has 0 aliphatic carbocycles. The zero-order valence-electron chi connectivity index (χ0n) is 12.2. The molecular formula is C17H16ClFN2. The maximum Gasteiger partial charge on any atom is 0.132 e. The lowest BCUT2D eigenvalue weighted by atomic mass is 10.2. The van der Waals surface area contributed by atoms with E-state index in [9.17, 15) is 4.39 Å². The van der Waals surface area contributed by atoms with Gasteiger partial charge in [-0.05, 0) is 62.2 Å². The van der Waals surface area contributed by atoms with Crippen LogP contribution in [-0.4, -0.2) is 9.55 Å². The smallest absolute Gasteiger partial charge is 0.132 e. The quantitative estimate of drug-likeness (QED) is 0.604. The molecule has 0 spiro atoms. The molecule has 0 N–H and O–H groups in total. The lowest BCUT2D eigenvalue weighted by Crippen LogP contribution is -2.02. The molecule has 1 atom stereocenters. The van der Waals surface area contributed by atoms with Gasteiger partial charge in [0.1, 0.15) is 11.6 Å². The van der Waals surface area contributed by atoms with E-state index in [1.165, 1.54) is 6.07 Å². The molecule has 0 saturated heterocycles. The van der Waals surface area contributed by atoms with Crippen LogP contribution in [0.25, 0.3) is 16.7 Å². The van der Waals surface area contributed by atoms with Crippen molar-refractivity contribution < 1.29 is 4.39 Å². The number of benzene rings is 2. The minimum absolute atomic E-state index is 0.208. The van der Waals surface area contributed by atoms with Gasteiger partial charge in [0.2, 0.25) is 0 Å². The van der Waals surface area contributed by atoms with E-state index in [0.29, 0.717) is 5.56 Å². The van der Waals surface area contributed by atoms with Crippen LogP contribution in [0.5, 0.6) is 0 Å². The molecule has 2 nitrogen and oxygen atoms in total. The van der Waals surface area contributed by atoms with E-state index in [1.807, 2.05) is 36.6 Å². The molecule has 4 heteroatoms. The highest BCUT2D eigenvalue weighted by Gasteiger charge is 2.17. The third-order valence-corrected chi connectivity index (χ3v) is 3.79. The van der Waals surface area contributed by atoms with E-state index < -0.39 is 0 Å². The van der Waals surface area contributed by atoms with Crippen molar-refractivity contribution in [3.63, 3.8) is 0 Å². The summed E-state index contributed by atoms with van der Waals surface area (Å²) in [5.74, 6) is 0.558. The van der Waals surface area contributed by atoms with Crippen molar-refractivity contribution in [3.8, 4) is 5.69 Å². The number of aromatic nitrogens is 2. The fraction of sp³-hybridized carbons (Fsp3) is 0.235. The molecule has 0 bridgehead atoms. The summed E-state index contributed by atoms with van der Waals surface area (Å²) in [6, 6.07) is 11.1. The van der Waals surface area contributed by atoms with Crippen molar-refractivity contribution in [2.75, 3.05) is 0 Å². The Morgan fingerprint density at radius 2 is 1.90 bits per heavy atom. The summed E-state index contributed by atoms with van der Waals surface area (Å²) in [7, 11) is 0. The van der Waals surface area contributed by atoms with Gasteiger partial charge >= 0.3 is 0 Å². The van der Waals surface area contributed by atoms with Gasteiger partial charge in [0.15, 0.2) is 0 Å². The van der Waals surface area contributed by atoms with Crippen LogP contribution in [-0.2, 0) is 0 Å². The van der Waals surface area contributed by atoms with Crippen molar-refractivity contribution >= 4 is 22.6 Å². The van der Waals surface area contributed by atoms with Crippen LogP contribution in [0.4, 0.5) is 4.39 Å². The molecule has 3 aromatic rings. The number of rotatable bonds is 2. The Morgan fingerprint density at radius 1 is 1.14 bits per heavy atom. The molecule has 0 aliphatic heterocycles. The van der Waals surface area contributed by atoms with Gasteiger partial charge in [0.05, 0.1) is 16.4 Å². The minimum atomic E-state index is -0.233. The maximum atomic E-state index is 13.5. The van der Waals surface area contributed by atoms with Gasteiger partial charge in [-0.1, -0.05) is 6.07 Å². The van der Waals surface area contributed by atoms with Crippen molar-refractivity contribution in [3.05, 3.63) is 59.2 Å². The molecule has 1 aromatic heterocycles. The van der Waals surface area contributed by atoms with Gasteiger partial charge < -0.3 is 0 Å². The first-order chi connectivity index (χ1) is 9.97. The van der Waals surface area contributed by atoms with Gasteiger partial charge in [-0.2, -0.15) is 0 Å². The first-order valence-corrected chi connectivity index (χ1v) is 7.30. The van der Waals surface area contributed by atoms with E-state index in [2.05, 4.69) is 11.1 Å². The Labute approximate surface area is 128 Å². The standard InChI is InChI=1S/C17H16ClFN2/c1-10-4-7-15-16(8-10)21(17(20-15)12(3)18)13-5-6-14(19)11(2)9-13/h4-9,12H,1-3H3. The summed E-state index contributed by atoms with van der Waals surface area (Å²) in [5.41, 5.74) is 4.52. The monoisotopic (exact) mass is 302 g/mol. The lowest BCUT2D eigenvalue weighted by Gasteiger charge is -2.12. The number of nitrogens with zero attached hydrogens (tertiary/aromatic N) is 2. The van der Waals surface area contributed by atoms with Gasteiger partial charge in [0.25, 0.3) is 0 Å². The van der Waals surface area contributed by atoms with Crippen LogP contribution in [0.15, 0.2) is 36.4 Å². The van der Waals surface area contributed by atoms with Crippen LogP contribution < -0.4 is 0 Å².